The topological polar surface area (TPSA) is 159 Å². The number of hydrogen-bond donors (Lipinski definition) is 0. The van der Waals surface area contributed by atoms with E-state index < -0.39 is 63.1 Å². The molecular formula is C30H20Cl2F2N5O6. The zero-order valence-corrected chi connectivity index (χ0v) is 25.2. The van der Waals surface area contributed by atoms with E-state index in [0.717, 1.165) is 18.5 Å². The van der Waals surface area contributed by atoms with E-state index >= 15 is 8.78 Å². The molecule has 0 spiro atoms. The minimum Gasteiger partial charge on any atom is -0.483 e. The van der Waals surface area contributed by atoms with Gasteiger partial charge in [0.25, 0.3) is 0 Å². The largest absolute Gasteiger partial charge is 0.513 e. The summed E-state index contributed by atoms with van der Waals surface area (Å²) in [4.78, 5) is 20.3. The van der Waals surface area contributed by atoms with E-state index in [-0.39, 0.29) is 40.9 Å². The van der Waals surface area contributed by atoms with Gasteiger partial charge in [-0.2, -0.15) is 20.8 Å². The van der Waals surface area contributed by atoms with Crippen molar-refractivity contribution in [3.8, 4) is 46.2 Å². The molecule has 229 valence electrons. The highest BCUT2D eigenvalue weighted by Gasteiger charge is 2.27. The maximum Gasteiger partial charge on any atom is 0.513 e. The molecular weight excluding hydrogens is 635 g/mol. The van der Waals surface area contributed by atoms with E-state index in [2.05, 4.69) is 16.1 Å². The summed E-state index contributed by atoms with van der Waals surface area (Å²) >= 11 is 12.0. The van der Waals surface area contributed by atoms with Crippen LogP contribution >= 0.6 is 23.2 Å². The minimum absolute atomic E-state index is 0.0234. The molecule has 0 aliphatic heterocycles. The number of aliphatic imine (C=N–C) groups is 2. The number of alkyl halides is 1. The third kappa shape index (κ3) is 7.76. The van der Waals surface area contributed by atoms with Crippen LogP contribution < -0.4 is 4.74 Å². The third-order valence-corrected chi connectivity index (χ3v) is 6.17. The molecule has 3 aromatic carbocycles. The molecule has 0 atom stereocenters. The van der Waals surface area contributed by atoms with E-state index in [1.54, 1.807) is 13.0 Å². The van der Waals surface area contributed by atoms with E-state index in [9.17, 15) is 20.6 Å². The van der Waals surface area contributed by atoms with Crippen molar-refractivity contribution in [2.75, 3.05) is 33.3 Å². The summed E-state index contributed by atoms with van der Waals surface area (Å²) in [6.07, 6.45) is -0.574. The molecule has 3 rings (SSSR count). The highest BCUT2D eigenvalue weighted by Crippen LogP contribution is 2.45. The molecule has 0 saturated carbocycles. The first-order chi connectivity index (χ1) is 21.7. The van der Waals surface area contributed by atoms with Crippen LogP contribution in [0.25, 0.3) is 22.3 Å². The van der Waals surface area contributed by atoms with Gasteiger partial charge in [-0.25, -0.2) is 18.6 Å². The van der Waals surface area contributed by atoms with Crippen LogP contribution in [-0.4, -0.2) is 52.0 Å². The number of hydrogen-bond acceptors (Lipinski definition) is 11. The van der Waals surface area contributed by atoms with Gasteiger partial charge in [-0.3, -0.25) is 0 Å². The lowest BCUT2D eigenvalue weighted by Crippen LogP contribution is -2.13. The standard InChI is InChI=1S/C30H20Cl2F2N5O6/c1-4-43-15-38-25-10-20(22(32)7-16(25)12-35)27-21(14-37)28(39-29(41-2)42-3)19(9-24(27)34)18-11-26(17(13-36)8-23(18)33)45-30(40)44-6-5-31/h7-8,10-11,15H,4-6H2,1-3H3. The lowest BCUT2D eigenvalue weighted by molar-refractivity contribution is 0.105. The molecule has 15 heteroatoms. The highest BCUT2D eigenvalue weighted by atomic mass is 35.5. The second-order valence-corrected chi connectivity index (χ2v) is 9.08. The smallest absolute Gasteiger partial charge is 0.483 e. The Bertz CT molecular complexity index is 1810. The predicted molar refractivity (Wildman–Crippen MR) is 159 cm³/mol. The Morgan fingerprint density at radius 3 is 2.36 bits per heavy atom. The van der Waals surface area contributed by atoms with E-state index in [4.69, 9.17) is 46.9 Å². The summed E-state index contributed by atoms with van der Waals surface area (Å²) in [6, 6.07) is 11.9. The Hall–Kier alpha value is -5.42. The van der Waals surface area contributed by atoms with Crippen molar-refractivity contribution >= 4 is 53.2 Å². The average Bonchev–Trinajstić information content (AvgIpc) is 3.03. The third-order valence-electron chi connectivity index (χ3n) is 5.70. The van der Waals surface area contributed by atoms with E-state index in [1.807, 2.05) is 12.1 Å². The van der Waals surface area contributed by atoms with Gasteiger partial charge in [0.05, 0.1) is 59.8 Å². The van der Waals surface area contributed by atoms with Crippen molar-refractivity contribution in [1.82, 2.24) is 0 Å². The number of benzene rings is 3. The fourth-order valence-corrected chi connectivity index (χ4v) is 4.13. The number of rotatable bonds is 9. The van der Waals surface area contributed by atoms with Crippen LogP contribution in [0.2, 0.25) is 5.02 Å². The molecule has 0 fully saturated rings. The number of halogens is 4. The fraction of sp³-hybridized carbons (Fsp3) is 0.200. The molecule has 0 saturated heterocycles. The van der Waals surface area contributed by atoms with Gasteiger partial charge >= 0.3 is 12.2 Å². The van der Waals surface area contributed by atoms with Gasteiger partial charge < -0.3 is 23.7 Å². The zero-order valence-electron chi connectivity index (χ0n) is 23.7. The van der Waals surface area contributed by atoms with Gasteiger partial charge in [-0.05, 0) is 31.2 Å². The zero-order chi connectivity index (χ0) is 33.1. The quantitative estimate of drug-likeness (QED) is 0.0770. The summed E-state index contributed by atoms with van der Waals surface area (Å²) in [6.45, 7) is 1.78. The Morgan fingerprint density at radius 2 is 1.76 bits per heavy atom. The Balaban J connectivity index is 2.42. The van der Waals surface area contributed by atoms with Crippen molar-refractivity contribution in [3.05, 3.63) is 63.7 Å². The average molecular weight is 655 g/mol. The summed E-state index contributed by atoms with van der Waals surface area (Å²) < 4.78 is 56.6. The molecule has 0 amide bonds. The fourth-order valence-electron chi connectivity index (χ4n) is 3.80. The monoisotopic (exact) mass is 654 g/mol. The number of carbonyl (C=O) groups is 1. The lowest BCUT2D eigenvalue weighted by Gasteiger charge is -2.17. The van der Waals surface area contributed by atoms with Crippen LogP contribution in [0.15, 0.2) is 34.3 Å². The molecule has 45 heavy (non-hydrogen) atoms. The number of methoxy groups -OCH3 is 2. The second-order valence-electron chi connectivity index (χ2n) is 8.29. The first kappa shape index (κ1) is 34.1. The highest BCUT2D eigenvalue weighted by molar-refractivity contribution is 6.33. The molecule has 0 aliphatic carbocycles. The van der Waals surface area contributed by atoms with E-state index in [1.165, 1.54) is 26.4 Å². The number of nitrogens with zero attached hydrogens (tertiary/aromatic N) is 5. The van der Waals surface area contributed by atoms with Gasteiger partial charge in [-0.15, -0.1) is 11.6 Å². The van der Waals surface area contributed by atoms with Crippen LogP contribution in [-0.2, 0) is 18.9 Å². The minimum atomic E-state index is -1.24. The summed E-state index contributed by atoms with van der Waals surface area (Å²) in [5.74, 6) is -2.77. The first-order valence-electron chi connectivity index (χ1n) is 12.6. The first-order valence-corrected chi connectivity index (χ1v) is 13.5. The van der Waals surface area contributed by atoms with Crippen LogP contribution in [0.5, 0.6) is 5.75 Å². The van der Waals surface area contributed by atoms with Crippen molar-refractivity contribution in [3.63, 3.8) is 0 Å². The predicted octanol–water partition coefficient (Wildman–Crippen LogP) is 7.10. The van der Waals surface area contributed by atoms with Crippen LogP contribution in [0, 0.1) is 51.7 Å². The lowest BCUT2D eigenvalue weighted by atomic mass is 9.91. The van der Waals surface area contributed by atoms with Crippen LogP contribution in [0.3, 0.4) is 0 Å². The van der Waals surface area contributed by atoms with Crippen molar-refractivity contribution < 1.29 is 37.3 Å². The molecule has 0 aromatic heterocycles. The normalized spacial score (nSPS) is 10.3. The summed E-state index contributed by atoms with van der Waals surface area (Å²) in [7, 11) is 2.39. The number of nitriles is 3. The maximum atomic E-state index is 16.1. The number of ether oxygens (including phenoxy) is 5. The maximum absolute atomic E-state index is 16.1. The molecule has 11 nitrogen and oxygen atoms in total. The van der Waals surface area contributed by atoms with Gasteiger partial charge in [0.1, 0.15) is 36.4 Å². The molecule has 0 N–H and O–H groups in total. The van der Waals surface area contributed by atoms with Gasteiger partial charge in [0, 0.05) is 28.3 Å². The molecule has 0 unspecified atom stereocenters. The van der Waals surface area contributed by atoms with Crippen LogP contribution in [0.4, 0.5) is 25.0 Å². The number of carbonyl (C=O) groups excluding carboxylic acids is 1. The van der Waals surface area contributed by atoms with E-state index in [0.29, 0.717) is 0 Å². The summed E-state index contributed by atoms with van der Waals surface area (Å²) in [5, 5.41) is 29.2. The van der Waals surface area contributed by atoms with Crippen LogP contribution in [0.1, 0.15) is 23.6 Å². The Kier molecular flexibility index (Phi) is 12.0. The van der Waals surface area contributed by atoms with Crippen molar-refractivity contribution in [2.24, 2.45) is 9.98 Å². The van der Waals surface area contributed by atoms with Gasteiger partial charge in [0.15, 0.2) is 12.2 Å². The second kappa shape index (κ2) is 15.9. The van der Waals surface area contributed by atoms with Gasteiger partial charge in [-0.1, -0.05) is 11.6 Å². The Morgan fingerprint density at radius 1 is 1.04 bits per heavy atom. The molecule has 3 aromatic rings. The molecule has 0 aliphatic rings. The van der Waals surface area contributed by atoms with Crippen molar-refractivity contribution in [2.45, 2.75) is 6.92 Å². The SMILES string of the molecule is CCOC=Nc1cc(-c2c(F)[c]c(-c3cc(OC(=O)OCCCl)c(C#N)cc3F)c(N=C(OC)OC)c2C#N)c(Cl)cc1C#N. The summed E-state index contributed by atoms with van der Waals surface area (Å²) in [5.41, 5.74) is -2.65. The van der Waals surface area contributed by atoms with Gasteiger partial charge in [0.2, 0.25) is 0 Å². The van der Waals surface area contributed by atoms with Crippen molar-refractivity contribution in [1.29, 1.82) is 15.8 Å². The molecule has 0 heterocycles. The molecule has 0 bridgehead atoms. The Labute approximate surface area is 266 Å². The molecule has 1 radical (unpaired) electrons.